The second-order valence-electron chi connectivity index (χ2n) is 9.17. The van der Waals surface area contributed by atoms with E-state index >= 15 is 0 Å². The summed E-state index contributed by atoms with van der Waals surface area (Å²) in [7, 11) is 0. The molecule has 180 valence electrons. The SMILES string of the molecule is CC(C)(C)OC(=O)NCCCCCCC(=O)Nc1cccc(-c2n[nH]c(=O)c3ccccc23)c1. The van der Waals surface area contributed by atoms with Gasteiger partial charge in [0, 0.05) is 29.6 Å². The molecule has 0 fully saturated rings. The van der Waals surface area contributed by atoms with Gasteiger partial charge in [0.05, 0.1) is 11.1 Å². The van der Waals surface area contributed by atoms with Crippen molar-refractivity contribution in [3.63, 3.8) is 0 Å². The molecule has 3 N–H and O–H groups in total. The number of nitrogens with one attached hydrogen (secondary N) is 3. The first-order chi connectivity index (χ1) is 16.2. The van der Waals surface area contributed by atoms with E-state index in [-0.39, 0.29) is 11.5 Å². The van der Waals surface area contributed by atoms with Crippen LogP contribution in [0.25, 0.3) is 22.0 Å². The van der Waals surface area contributed by atoms with Crippen LogP contribution in [0.5, 0.6) is 0 Å². The summed E-state index contributed by atoms with van der Waals surface area (Å²) in [4.78, 5) is 36.0. The minimum Gasteiger partial charge on any atom is -0.444 e. The van der Waals surface area contributed by atoms with Crippen LogP contribution in [0.2, 0.25) is 0 Å². The molecule has 2 amide bonds. The van der Waals surface area contributed by atoms with Gasteiger partial charge in [0.25, 0.3) is 5.56 Å². The van der Waals surface area contributed by atoms with Crippen molar-refractivity contribution in [1.29, 1.82) is 0 Å². The number of amides is 2. The van der Waals surface area contributed by atoms with Gasteiger partial charge in [0.15, 0.2) is 0 Å². The normalized spacial score (nSPS) is 11.3. The van der Waals surface area contributed by atoms with Crippen LogP contribution in [0.1, 0.15) is 52.9 Å². The number of rotatable bonds is 9. The lowest BCUT2D eigenvalue weighted by atomic mass is 10.0. The second kappa shape index (κ2) is 11.4. The lowest BCUT2D eigenvalue weighted by molar-refractivity contribution is -0.116. The van der Waals surface area contributed by atoms with Gasteiger partial charge in [-0.25, -0.2) is 9.89 Å². The zero-order chi connectivity index (χ0) is 24.6. The van der Waals surface area contributed by atoms with Crippen molar-refractivity contribution < 1.29 is 14.3 Å². The Hall–Kier alpha value is -3.68. The number of anilines is 1. The van der Waals surface area contributed by atoms with E-state index in [1.54, 1.807) is 6.07 Å². The largest absolute Gasteiger partial charge is 0.444 e. The van der Waals surface area contributed by atoms with Crippen LogP contribution in [0.15, 0.2) is 53.3 Å². The molecule has 0 saturated carbocycles. The maximum absolute atomic E-state index is 12.4. The Labute approximate surface area is 199 Å². The third kappa shape index (κ3) is 7.43. The highest BCUT2D eigenvalue weighted by Crippen LogP contribution is 2.26. The number of aromatic amines is 1. The number of ether oxygens (including phenoxy) is 1. The quantitative estimate of drug-likeness (QED) is 0.386. The Morgan fingerprint density at radius 2 is 1.71 bits per heavy atom. The van der Waals surface area contributed by atoms with Gasteiger partial charge in [-0.3, -0.25) is 9.59 Å². The topological polar surface area (TPSA) is 113 Å². The van der Waals surface area contributed by atoms with Gasteiger partial charge in [-0.15, -0.1) is 0 Å². The first-order valence-electron chi connectivity index (χ1n) is 11.6. The predicted octanol–water partition coefficient (Wildman–Crippen LogP) is 5.00. The first-order valence-corrected chi connectivity index (χ1v) is 11.6. The van der Waals surface area contributed by atoms with Gasteiger partial charge in [-0.2, -0.15) is 5.10 Å². The summed E-state index contributed by atoms with van der Waals surface area (Å²) in [6.45, 7) is 6.05. The number of alkyl carbamates (subject to hydrolysis) is 1. The molecule has 1 aromatic heterocycles. The summed E-state index contributed by atoms with van der Waals surface area (Å²) in [5.74, 6) is -0.0525. The number of carbonyl (C=O) groups is 2. The lowest BCUT2D eigenvalue weighted by Crippen LogP contribution is -2.32. The molecule has 0 aliphatic heterocycles. The molecule has 0 saturated heterocycles. The van der Waals surface area contributed by atoms with Gasteiger partial charge in [0.1, 0.15) is 5.60 Å². The van der Waals surface area contributed by atoms with Crippen LogP contribution in [0.4, 0.5) is 10.5 Å². The average Bonchev–Trinajstić information content (AvgIpc) is 2.78. The molecule has 0 aliphatic rings. The highest BCUT2D eigenvalue weighted by molar-refractivity contribution is 5.95. The van der Waals surface area contributed by atoms with Gasteiger partial charge < -0.3 is 15.4 Å². The van der Waals surface area contributed by atoms with Crippen molar-refractivity contribution in [2.75, 3.05) is 11.9 Å². The summed E-state index contributed by atoms with van der Waals surface area (Å²) in [5, 5.41) is 13.8. The maximum Gasteiger partial charge on any atom is 0.407 e. The molecule has 3 aromatic rings. The Morgan fingerprint density at radius 3 is 2.47 bits per heavy atom. The van der Waals surface area contributed by atoms with E-state index in [1.165, 1.54) is 0 Å². The highest BCUT2D eigenvalue weighted by atomic mass is 16.6. The number of benzene rings is 2. The van der Waals surface area contributed by atoms with Crippen LogP contribution >= 0.6 is 0 Å². The predicted molar refractivity (Wildman–Crippen MR) is 134 cm³/mol. The summed E-state index contributed by atoms with van der Waals surface area (Å²) < 4.78 is 5.19. The first kappa shape index (κ1) is 25.0. The zero-order valence-electron chi connectivity index (χ0n) is 19.9. The van der Waals surface area contributed by atoms with Crippen molar-refractivity contribution in [1.82, 2.24) is 15.5 Å². The number of hydrogen-bond donors (Lipinski definition) is 3. The van der Waals surface area contributed by atoms with Gasteiger partial charge >= 0.3 is 6.09 Å². The number of nitrogens with zero attached hydrogens (tertiary/aromatic N) is 1. The van der Waals surface area contributed by atoms with E-state index in [1.807, 2.05) is 63.2 Å². The second-order valence-corrected chi connectivity index (χ2v) is 9.17. The number of carbonyl (C=O) groups excluding carboxylic acids is 2. The molecule has 0 bridgehead atoms. The lowest BCUT2D eigenvalue weighted by Gasteiger charge is -2.19. The third-order valence-electron chi connectivity index (χ3n) is 5.11. The van der Waals surface area contributed by atoms with Crippen LogP contribution in [-0.4, -0.2) is 34.3 Å². The minimum atomic E-state index is -0.499. The number of H-pyrrole nitrogens is 1. The summed E-state index contributed by atoms with van der Waals surface area (Å²) in [5.41, 5.74) is 1.42. The molecule has 3 rings (SSSR count). The molecule has 0 spiro atoms. The van der Waals surface area contributed by atoms with E-state index in [9.17, 15) is 14.4 Å². The number of fused-ring (bicyclic) bond motifs is 1. The zero-order valence-corrected chi connectivity index (χ0v) is 19.9. The molecule has 34 heavy (non-hydrogen) atoms. The van der Waals surface area contributed by atoms with Crippen LogP contribution < -0.4 is 16.2 Å². The van der Waals surface area contributed by atoms with Crippen molar-refractivity contribution in [3.8, 4) is 11.3 Å². The van der Waals surface area contributed by atoms with Crippen LogP contribution in [0, 0.1) is 0 Å². The molecule has 8 nitrogen and oxygen atoms in total. The Balaban J connectivity index is 1.45. The minimum absolute atomic E-state index is 0.0525. The van der Waals surface area contributed by atoms with E-state index in [4.69, 9.17) is 4.74 Å². The number of hydrogen-bond acceptors (Lipinski definition) is 5. The fraction of sp³-hybridized carbons (Fsp3) is 0.385. The molecule has 8 heteroatoms. The van der Waals surface area contributed by atoms with Crippen LogP contribution in [-0.2, 0) is 9.53 Å². The van der Waals surface area contributed by atoms with Crippen LogP contribution in [0.3, 0.4) is 0 Å². The van der Waals surface area contributed by atoms with Gasteiger partial charge in [-0.1, -0.05) is 43.2 Å². The Bertz CT molecular complexity index is 1200. The Morgan fingerprint density at radius 1 is 0.971 bits per heavy atom. The fourth-order valence-electron chi connectivity index (χ4n) is 3.57. The van der Waals surface area contributed by atoms with Crippen molar-refractivity contribution in [3.05, 3.63) is 58.9 Å². The molecule has 0 aliphatic carbocycles. The van der Waals surface area contributed by atoms with Crippen molar-refractivity contribution >= 4 is 28.5 Å². The van der Waals surface area contributed by atoms with E-state index < -0.39 is 11.7 Å². The molecule has 0 unspecified atom stereocenters. The molecule has 1 heterocycles. The molecular formula is C26H32N4O4. The monoisotopic (exact) mass is 464 g/mol. The highest BCUT2D eigenvalue weighted by Gasteiger charge is 2.15. The fourth-order valence-corrected chi connectivity index (χ4v) is 3.57. The average molecular weight is 465 g/mol. The van der Waals surface area contributed by atoms with Gasteiger partial charge in [-0.05, 0) is 51.8 Å². The number of unbranched alkanes of at least 4 members (excludes halogenated alkanes) is 3. The molecule has 0 atom stereocenters. The number of aromatic nitrogens is 2. The van der Waals surface area contributed by atoms with E-state index in [2.05, 4.69) is 20.8 Å². The van der Waals surface area contributed by atoms with Gasteiger partial charge in [0.2, 0.25) is 5.91 Å². The molecule has 0 radical (unpaired) electrons. The standard InChI is InChI=1S/C26H32N4O4/c1-26(2,3)34-25(33)27-16-9-5-4-6-15-22(31)28-19-12-10-11-18(17-19)23-20-13-7-8-14-21(20)24(32)30-29-23/h7-8,10-14,17H,4-6,9,15-16H2,1-3H3,(H,27,33)(H,28,31)(H,30,32). The molecule has 2 aromatic carbocycles. The third-order valence-corrected chi connectivity index (χ3v) is 5.11. The van der Waals surface area contributed by atoms with E-state index in [0.717, 1.165) is 36.6 Å². The summed E-state index contributed by atoms with van der Waals surface area (Å²) in [6.07, 6.45) is 3.44. The smallest absolute Gasteiger partial charge is 0.407 e. The molecular weight excluding hydrogens is 432 g/mol. The summed E-state index contributed by atoms with van der Waals surface area (Å²) >= 11 is 0. The Kier molecular flexibility index (Phi) is 8.40. The van der Waals surface area contributed by atoms with E-state index in [0.29, 0.717) is 29.7 Å². The van der Waals surface area contributed by atoms with Crippen molar-refractivity contribution in [2.45, 2.75) is 58.5 Å². The summed E-state index contributed by atoms with van der Waals surface area (Å²) in [6, 6.07) is 14.7. The van der Waals surface area contributed by atoms with Crippen molar-refractivity contribution in [2.24, 2.45) is 0 Å². The maximum atomic E-state index is 12.4.